The molecular weight excluding hydrogens is 215 g/mol. The molecule has 88 valence electrons. The quantitative estimate of drug-likeness (QED) is 0.685. The predicted molar refractivity (Wildman–Crippen MR) is 57.1 cm³/mol. The van der Waals surface area contributed by atoms with Gasteiger partial charge in [0.05, 0.1) is 25.0 Å². The normalized spacial score (nSPS) is 34.9. The fraction of sp³-hybridized carbons (Fsp3) is 1.00. The Hall–Kier alpha value is 0.110. The molecule has 1 aliphatic carbocycles. The van der Waals surface area contributed by atoms with Crippen LogP contribution in [0.1, 0.15) is 26.7 Å². The maximum absolute atomic E-state index is 12.4. The van der Waals surface area contributed by atoms with E-state index in [1.165, 1.54) is 0 Å². The molecule has 0 bridgehead atoms. The Morgan fingerprint density at radius 1 is 1.33 bits per heavy atom. The molecule has 15 heavy (non-hydrogen) atoms. The summed E-state index contributed by atoms with van der Waals surface area (Å²) in [5.74, 6) is 0.405. The third kappa shape index (κ3) is 2.14. The average Bonchev–Trinajstić information content (AvgIpc) is 2.92. The van der Waals surface area contributed by atoms with Crippen molar-refractivity contribution in [3.63, 3.8) is 0 Å². The van der Waals surface area contributed by atoms with Gasteiger partial charge in [-0.05, 0) is 26.7 Å². The van der Waals surface area contributed by atoms with Gasteiger partial charge in [-0.25, -0.2) is 0 Å². The molecule has 1 heterocycles. The first kappa shape index (κ1) is 11.6. The van der Waals surface area contributed by atoms with Crippen molar-refractivity contribution in [2.75, 3.05) is 19.8 Å². The summed E-state index contributed by atoms with van der Waals surface area (Å²) in [6.45, 7) is 5.35. The Morgan fingerprint density at radius 3 is 2.47 bits per heavy atom. The molecule has 2 fully saturated rings. The van der Waals surface area contributed by atoms with E-state index in [1.54, 1.807) is 0 Å². The van der Waals surface area contributed by atoms with Crippen LogP contribution in [0.4, 0.5) is 0 Å². The lowest BCUT2D eigenvalue weighted by Gasteiger charge is -2.16. The van der Waals surface area contributed by atoms with E-state index in [9.17, 15) is 4.57 Å². The Balaban J connectivity index is 2.03. The Morgan fingerprint density at radius 2 is 2.00 bits per heavy atom. The van der Waals surface area contributed by atoms with Crippen LogP contribution < -0.4 is 0 Å². The van der Waals surface area contributed by atoms with Crippen LogP contribution in [0.5, 0.6) is 0 Å². The van der Waals surface area contributed by atoms with E-state index < -0.39 is 7.60 Å². The van der Waals surface area contributed by atoms with E-state index in [4.69, 9.17) is 13.8 Å². The van der Waals surface area contributed by atoms with Crippen LogP contribution in [0.15, 0.2) is 0 Å². The number of hydrogen-bond acceptors (Lipinski definition) is 4. The highest BCUT2D eigenvalue weighted by Crippen LogP contribution is 2.67. The zero-order chi connectivity index (χ0) is 10.9. The number of ether oxygens (including phenoxy) is 1. The summed E-state index contributed by atoms with van der Waals surface area (Å²) >= 11 is 0. The van der Waals surface area contributed by atoms with Crippen LogP contribution in [0, 0.1) is 5.92 Å². The zero-order valence-corrected chi connectivity index (χ0v) is 10.2. The minimum Gasteiger partial charge on any atom is -0.377 e. The third-order valence-electron chi connectivity index (χ3n) is 3.03. The van der Waals surface area contributed by atoms with Gasteiger partial charge in [0, 0.05) is 12.5 Å². The van der Waals surface area contributed by atoms with Gasteiger partial charge in [-0.2, -0.15) is 0 Å². The van der Waals surface area contributed by atoms with Crippen molar-refractivity contribution in [1.82, 2.24) is 0 Å². The summed E-state index contributed by atoms with van der Waals surface area (Å²) in [4.78, 5) is 0. The van der Waals surface area contributed by atoms with Gasteiger partial charge in [0.2, 0.25) is 0 Å². The van der Waals surface area contributed by atoms with Crippen LogP contribution in [0.3, 0.4) is 0 Å². The highest BCUT2D eigenvalue weighted by atomic mass is 31.2. The first-order valence-corrected chi connectivity index (χ1v) is 7.34. The largest absolute Gasteiger partial charge is 0.377 e. The minimum atomic E-state index is -2.91. The SMILES string of the molecule is CCOP(=O)(OCC)C1C2CCCOC21. The topological polar surface area (TPSA) is 44.8 Å². The summed E-state index contributed by atoms with van der Waals surface area (Å²) in [6.07, 6.45) is 2.29. The fourth-order valence-corrected chi connectivity index (χ4v) is 4.90. The molecule has 0 aromatic heterocycles. The predicted octanol–water partition coefficient (Wildman–Crippen LogP) is 2.43. The van der Waals surface area contributed by atoms with Crippen LogP contribution in [0.25, 0.3) is 0 Å². The lowest BCUT2D eigenvalue weighted by atomic mass is 10.2. The second-order valence-electron chi connectivity index (χ2n) is 4.01. The van der Waals surface area contributed by atoms with Crippen molar-refractivity contribution < 1.29 is 18.3 Å². The molecule has 0 spiro atoms. The standard InChI is InChI=1S/C10H19O4P/c1-3-13-15(11,14-4-2)10-8-6-5-7-12-9(8)10/h8-10H,3-7H2,1-2H3. The molecule has 1 saturated heterocycles. The fourth-order valence-electron chi connectivity index (χ4n) is 2.40. The summed E-state index contributed by atoms with van der Waals surface area (Å²) < 4.78 is 28.7. The van der Waals surface area contributed by atoms with E-state index in [0.717, 1.165) is 19.4 Å². The van der Waals surface area contributed by atoms with Crippen molar-refractivity contribution in [1.29, 1.82) is 0 Å². The first-order valence-electron chi connectivity index (χ1n) is 5.73. The molecule has 3 unspecified atom stereocenters. The smallest absolute Gasteiger partial charge is 0.336 e. The van der Waals surface area contributed by atoms with Crippen LogP contribution in [-0.2, 0) is 18.3 Å². The van der Waals surface area contributed by atoms with E-state index in [-0.39, 0.29) is 11.8 Å². The van der Waals surface area contributed by atoms with Crippen molar-refractivity contribution in [2.24, 2.45) is 5.92 Å². The van der Waals surface area contributed by atoms with Gasteiger partial charge in [0.15, 0.2) is 0 Å². The average molecular weight is 234 g/mol. The molecule has 1 aliphatic heterocycles. The van der Waals surface area contributed by atoms with E-state index in [0.29, 0.717) is 19.1 Å². The van der Waals surface area contributed by atoms with Gasteiger partial charge in [0.1, 0.15) is 0 Å². The third-order valence-corrected chi connectivity index (χ3v) is 5.67. The Labute approximate surface area is 90.8 Å². The van der Waals surface area contributed by atoms with Crippen LogP contribution >= 0.6 is 7.60 Å². The molecule has 2 rings (SSSR count). The molecule has 5 heteroatoms. The van der Waals surface area contributed by atoms with E-state index in [2.05, 4.69) is 0 Å². The first-order chi connectivity index (χ1) is 7.23. The highest BCUT2D eigenvalue weighted by molar-refractivity contribution is 7.55. The summed E-state index contributed by atoms with van der Waals surface area (Å²) in [5, 5.41) is 0. The van der Waals surface area contributed by atoms with Crippen molar-refractivity contribution in [3.05, 3.63) is 0 Å². The number of rotatable bonds is 5. The van der Waals surface area contributed by atoms with E-state index in [1.807, 2.05) is 13.8 Å². The van der Waals surface area contributed by atoms with Crippen LogP contribution in [-0.4, -0.2) is 31.6 Å². The monoisotopic (exact) mass is 234 g/mol. The molecule has 3 atom stereocenters. The Kier molecular flexibility index (Phi) is 3.51. The number of fused-ring (bicyclic) bond motifs is 1. The van der Waals surface area contributed by atoms with Crippen molar-refractivity contribution >= 4 is 7.60 Å². The molecule has 0 aromatic carbocycles. The highest BCUT2D eigenvalue weighted by Gasteiger charge is 2.63. The summed E-state index contributed by atoms with van der Waals surface area (Å²) in [6, 6.07) is 0. The van der Waals surface area contributed by atoms with Crippen LogP contribution in [0.2, 0.25) is 0 Å². The lowest BCUT2D eigenvalue weighted by Crippen LogP contribution is -2.07. The maximum atomic E-state index is 12.4. The summed E-state index contributed by atoms with van der Waals surface area (Å²) in [5.41, 5.74) is -0.0000926. The van der Waals surface area contributed by atoms with Crippen molar-refractivity contribution in [3.8, 4) is 0 Å². The molecule has 4 nitrogen and oxygen atoms in total. The molecule has 1 saturated carbocycles. The second kappa shape index (κ2) is 4.54. The number of hydrogen-bond donors (Lipinski definition) is 0. The van der Waals surface area contributed by atoms with Gasteiger partial charge in [-0.3, -0.25) is 4.57 Å². The maximum Gasteiger partial charge on any atom is 0.336 e. The minimum absolute atomic E-state index is 0.0000926. The van der Waals surface area contributed by atoms with Gasteiger partial charge in [-0.1, -0.05) is 0 Å². The van der Waals surface area contributed by atoms with Gasteiger partial charge in [0.25, 0.3) is 0 Å². The molecular formula is C10H19O4P. The Bertz CT molecular complexity index is 246. The molecule has 0 amide bonds. The zero-order valence-electron chi connectivity index (χ0n) is 9.35. The van der Waals surface area contributed by atoms with Gasteiger partial charge < -0.3 is 13.8 Å². The summed E-state index contributed by atoms with van der Waals surface area (Å²) in [7, 11) is -2.91. The molecule has 0 aromatic rings. The van der Waals surface area contributed by atoms with Gasteiger partial charge >= 0.3 is 7.60 Å². The lowest BCUT2D eigenvalue weighted by molar-refractivity contribution is 0.0788. The molecule has 2 aliphatic rings. The van der Waals surface area contributed by atoms with Gasteiger partial charge in [-0.15, -0.1) is 0 Å². The molecule has 0 N–H and O–H groups in total. The second-order valence-corrected chi connectivity index (χ2v) is 6.20. The van der Waals surface area contributed by atoms with E-state index >= 15 is 0 Å². The molecule has 0 radical (unpaired) electrons. The van der Waals surface area contributed by atoms with Crippen molar-refractivity contribution in [2.45, 2.75) is 38.5 Å².